The quantitative estimate of drug-likeness (QED) is 0.495. The minimum atomic E-state index is -4.65. The van der Waals surface area contributed by atoms with E-state index in [9.17, 15) is 22.0 Å². The number of alkyl halides is 2. The Hall–Kier alpha value is -3.34. The van der Waals surface area contributed by atoms with E-state index in [1.165, 1.54) is 12.1 Å². The largest absolute Gasteiger partial charge is 0.421 e. The number of amides is 1. The van der Waals surface area contributed by atoms with Gasteiger partial charge in [0, 0.05) is 18.4 Å². The monoisotopic (exact) mass is 436 g/mol. The number of benzene rings is 2. The predicted molar refractivity (Wildman–Crippen MR) is 104 cm³/mol. The highest BCUT2D eigenvalue weighted by molar-refractivity contribution is 7.91. The minimum Gasteiger partial charge on any atom is -0.421 e. The first-order chi connectivity index (χ1) is 14.4. The number of hydrogen-bond acceptors (Lipinski definition) is 7. The molecule has 1 amide bonds. The van der Waals surface area contributed by atoms with Crippen molar-refractivity contribution in [2.45, 2.75) is 29.9 Å². The molecule has 1 heterocycles. The first-order valence-corrected chi connectivity index (χ1v) is 10.5. The number of aryl methyl sites for hydroxylation is 1. The van der Waals surface area contributed by atoms with Crippen LogP contribution < -0.4 is 10.9 Å². The highest BCUT2D eigenvalue weighted by atomic mass is 32.2. The second kappa shape index (κ2) is 9.44. The Kier molecular flexibility index (Phi) is 6.72. The molecule has 3 rings (SSSR count). The molecular formula is C19H18F2N4O4S. The molecule has 11 heteroatoms. The third kappa shape index (κ3) is 5.38. The summed E-state index contributed by atoms with van der Waals surface area (Å²) in [6, 6.07) is 13.9. The van der Waals surface area contributed by atoms with Gasteiger partial charge in [-0.15, -0.1) is 10.2 Å². The standard InChI is InChI=1S/C19H18F2N4O4S/c20-19(21)30(27,28)15-11-9-14(10-12-15)22-23-16(26)7-4-8-17-24-25-18(29-17)13-5-2-1-3-6-13/h1-3,5-6,9-12,19,22H,4,7-8H2,(H,23,26). The first-order valence-electron chi connectivity index (χ1n) is 8.91. The Morgan fingerprint density at radius 3 is 2.40 bits per heavy atom. The first kappa shape index (κ1) is 21.4. The fourth-order valence-electron chi connectivity index (χ4n) is 2.49. The van der Waals surface area contributed by atoms with Gasteiger partial charge in [-0.2, -0.15) is 8.78 Å². The molecule has 30 heavy (non-hydrogen) atoms. The van der Waals surface area contributed by atoms with Crippen molar-refractivity contribution in [3.63, 3.8) is 0 Å². The maximum atomic E-state index is 12.5. The Morgan fingerprint density at radius 1 is 1.03 bits per heavy atom. The Bertz CT molecular complexity index is 1090. The van der Waals surface area contributed by atoms with E-state index in [0.29, 0.717) is 30.3 Å². The van der Waals surface area contributed by atoms with Gasteiger partial charge >= 0.3 is 5.76 Å². The number of anilines is 1. The molecule has 3 aromatic rings. The molecule has 0 unspecified atom stereocenters. The zero-order chi connectivity index (χ0) is 21.6. The van der Waals surface area contributed by atoms with Crippen molar-refractivity contribution < 1.29 is 26.4 Å². The van der Waals surface area contributed by atoms with E-state index in [1.54, 1.807) is 0 Å². The molecule has 2 N–H and O–H groups in total. The number of halogens is 2. The van der Waals surface area contributed by atoms with Crippen LogP contribution in [0.5, 0.6) is 0 Å². The van der Waals surface area contributed by atoms with Gasteiger partial charge in [-0.1, -0.05) is 18.2 Å². The van der Waals surface area contributed by atoms with Crippen molar-refractivity contribution in [1.82, 2.24) is 15.6 Å². The molecule has 0 saturated carbocycles. The van der Waals surface area contributed by atoms with Crippen molar-refractivity contribution in [2.24, 2.45) is 0 Å². The van der Waals surface area contributed by atoms with Crippen LogP contribution in [0.4, 0.5) is 14.5 Å². The molecule has 0 spiro atoms. The van der Waals surface area contributed by atoms with Crippen molar-refractivity contribution in [2.75, 3.05) is 5.43 Å². The molecule has 0 atom stereocenters. The van der Waals surface area contributed by atoms with Crippen LogP contribution in [0.3, 0.4) is 0 Å². The van der Waals surface area contributed by atoms with E-state index in [0.717, 1.165) is 17.7 Å². The summed E-state index contributed by atoms with van der Waals surface area (Å²) >= 11 is 0. The minimum absolute atomic E-state index is 0.174. The average molecular weight is 436 g/mol. The molecule has 0 saturated heterocycles. The van der Waals surface area contributed by atoms with Crippen LogP contribution in [-0.4, -0.2) is 30.3 Å². The third-order valence-corrected chi connectivity index (χ3v) is 5.44. The highest BCUT2D eigenvalue weighted by Crippen LogP contribution is 2.20. The highest BCUT2D eigenvalue weighted by Gasteiger charge is 2.26. The third-order valence-electron chi connectivity index (χ3n) is 4.05. The fraction of sp³-hybridized carbons (Fsp3) is 0.211. The van der Waals surface area contributed by atoms with Crippen LogP contribution in [0.15, 0.2) is 63.9 Å². The zero-order valence-electron chi connectivity index (χ0n) is 15.6. The van der Waals surface area contributed by atoms with Crippen LogP contribution in [0, 0.1) is 0 Å². The normalized spacial score (nSPS) is 11.4. The number of aromatic nitrogens is 2. The molecule has 0 bridgehead atoms. The molecule has 158 valence electrons. The summed E-state index contributed by atoms with van der Waals surface area (Å²) in [5.74, 6) is -2.97. The van der Waals surface area contributed by atoms with Crippen molar-refractivity contribution >= 4 is 21.4 Å². The van der Waals surface area contributed by atoms with Crippen LogP contribution >= 0.6 is 0 Å². The number of carbonyl (C=O) groups excluding carboxylic acids is 1. The number of rotatable bonds is 9. The van der Waals surface area contributed by atoms with Gasteiger partial charge in [-0.05, 0) is 42.8 Å². The summed E-state index contributed by atoms with van der Waals surface area (Å²) in [4.78, 5) is 11.4. The van der Waals surface area contributed by atoms with Gasteiger partial charge < -0.3 is 4.42 Å². The van der Waals surface area contributed by atoms with Gasteiger partial charge in [-0.3, -0.25) is 15.6 Å². The molecular weight excluding hydrogens is 418 g/mol. The number of nitrogens with zero attached hydrogens (tertiary/aromatic N) is 2. The van der Waals surface area contributed by atoms with E-state index in [2.05, 4.69) is 21.0 Å². The SMILES string of the molecule is O=C(CCCc1nnc(-c2ccccc2)o1)NNc1ccc(S(=O)(=O)C(F)F)cc1. The van der Waals surface area contributed by atoms with Crippen molar-refractivity contribution in [3.05, 3.63) is 60.5 Å². The second-order valence-electron chi connectivity index (χ2n) is 6.22. The molecule has 0 fully saturated rings. The number of hydrazine groups is 1. The van der Waals surface area contributed by atoms with E-state index in [-0.39, 0.29) is 12.3 Å². The lowest BCUT2D eigenvalue weighted by Gasteiger charge is -2.09. The molecule has 0 aliphatic carbocycles. The van der Waals surface area contributed by atoms with E-state index < -0.39 is 20.5 Å². The van der Waals surface area contributed by atoms with Gasteiger partial charge in [0.1, 0.15) is 0 Å². The van der Waals surface area contributed by atoms with Gasteiger partial charge in [0.15, 0.2) is 0 Å². The van der Waals surface area contributed by atoms with E-state index >= 15 is 0 Å². The summed E-state index contributed by atoms with van der Waals surface area (Å²) in [5.41, 5.74) is 6.20. The lowest BCUT2D eigenvalue weighted by molar-refractivity contribution is -0.120. The summed E-state index contributed by atoms with van der Waals surface area (Å²) < 4.78 is 53.3. The Labute approximate surface area is 171 Å². The van der Waals surface area contributed by atoms with Crippen LogP contribution in [-0.2, 0) is 21.1 Å². The maximum Gasteiger partial charge on any atom is 0.341 e. The van der Waals surface area contributed by atoms with Gasteiger partial charge in [0.05, 0.1) is 10.6 Å². The average Bonchev–Trinajstić information content (AvgIpc) is 3.22. The van der Waals surface area contributed by atoms with Crippen molar-refractivity contribution in [1.29, 1.82) is 0 Å². The van der Waals surface area contributed by atoms with Gasteiger partial charge in [-0.25, -0.2) is 8.42 Å². The summed E-state index contributed by atoms with van der Waals surface area (Å²) in [6.45, 7) is 0. The molecule has 0 aliphatic rings. The topological polar surface area (TPSA) is 114 Å². The van der Waals surface area contributed by atoms with E-state index in [4.69, 9.17) is 4.42 Å². The van der Waals surface area contributed by atoms with Gasteiger partial charge in [0.25, 0.3) is 0 Å². The lowest BCUT2D eigenvalue weighted by atomic mass is 10.2. The second-order valence-corrected chi connectivity index (χ2v) is 8.14. The van der Waals surface area contributed by atoms with Crippen LogP contribution in [0.1, 0.15) is 18.7 Å². The number of nitrogens with one attached hydrogen (secondary N) is 2. The smallest absolute Gasteiger partial charge is 0.341 e. The molecule has 1 aromatic heterocycles. The zero-order valence-corrected chi connectivity index (χ0v) is 16.4. The molecule has 2 aromatic carbocycles. The van der Waals surface area contributed by atoms with Crippen LogP contribution in [0.25, 0.3) is 11.5 Å². The number of carbonyl (C=O) groups is 1. The maximum absolute atomic E-state index is 12.5. The molecule has 0 aliphatic heterocycles. The van der Waals surface area contributed by atoms with E-state index in [1.807, 2.05) is 30.3 Å². The number of sulfone groups is 1. The Morgan fingerprint density at radius 2 is 1.73 bits per heavy atom. The summed E-state index contributed by atoms with van der Waals surface area (Å²) in [5, 5.41) is 7.93. The summed E-state index contributed by atoms with van der Waals surface area (Å²) in [6.07, 6.45) is 1.07. The molecule has 0 radical (unpaired) electrons. The predicted octanol–water partition coefficient (Wildman–Crippen LogP) is 3.20. The molecule has 8 nitrogen and oxygen atoms in total. The van der Waals surface area contributed by atoms with Crippen LogP contribution in [0.2, 0.25) is 0 Å². The number of hydrogen-bond donors (Lipinski definition) is 2. The Balaban J connectivity index is 1.43. The lowest BCUT2D eigenvalue weighted by Crippen LogP contribution is -2.29. The van der Waals surface area contributed by atoms with Gasteiger partial charge in [0.2, 0.25) is 27.5 Å². The fourth-order valence-corrected chi connectivity index (χ4v) is 3.21. The summed E-state index contributed by atoms with van der Waals surface area (Å²) in [7, 11) is -4.65. The van der Waals surface area contributed by atoms with Crippen molar-refractivity contribution in [3.8, 4) is 11.5 Å².